The van der Waals surface area contributed by atoms with Crippen LogP contribution in [0.5, 0.6) is 5.75 Å². The molecule has 26 heavy (non-hydrogen) atoms. The van der Waals surface area contributed by atoms with E-state index in [2.05, 4.69) is 37.9 Å². The maximum atomic E-state index is 5.81. The molecule has 6 nitrogen and oxygen atoms in total. The first-order chi connectivity index (χ1) is 12.8. The number of rotatable bonds is 5. The van der Waals surface area contributed by atoms with Gasteiger partial charge in [0.25, 0.3) is 0 Å². The highest BCUT2D eigenvalue weighted by molar-refractivity contribution is 5.57. The van der Waals surface area contributed by atoms with Crippen molar-refractivity contribution in [2.24, 2.45) is 0 Å². The van der Waals surface area contributed by atoms with Crippen LogP contribution in [0.3, 0.4) is 0 Å². The number of hydrogen-bond acceptors (Lipinski definition) is 5. The van der Waals surface area contributed by atoms with Gasteiger partial charge in [0.05, 0.1) is 7.11 Å². The van der Waals surface area contributed by atoms with Crippen LogP contribution in [0.25, 0.3) is 6.08 Å². The molecule has 0 saturated carbocycles. The topological polar surface area (TPSA) is 52.4 Å². The second kappa shape index (κ2) is 8.01. The molecule has 1 unspecified atom stereocenters. The summed E-state index contributed by atoms with van der Waals surface area (Å²) >= 11 is 0. The molecule has 1 atom stereocenters. The van der Waals surface area contributed by atoms with Gasteiger partial charge in [-0.3, -0.25) is 4.90 Å². The smallest absolute Gasteiger partial charge is 0.162 e. The zero-order chi connectivity index (χ0) is 17.8. The van der Waals surface area contributed by atoms with Gasteiger partial charge in [0.2, 0.25) is 0 Å². The molecule has 0 spiro atoms. The molecule has 1 aromatic heterocycles. The molecule has 1 fully saturated rings. The maximum Gasteiger partial charge on any atom is 0.162 e. The third-order valence-electron chi connectivity index (χ3n) is 5.17. The molecule has 0 bridgehead atoms. The van der Waals surface area contributed by atoms with E-state index < -0.39 is 0 Å². The Balaban J connectivity index is 1.38. The van der Waals surface area contributed by atoms with Crippen molar-refractivity contribution in [1.29, 1.82) is 0 Å². The van der Waals surface area contributed by atoms with Gasteiger partial charge in [0, 0.05) is 44.8 Å². The van der Waals surface area contributed by atoms with Gasteiger partial charge in [0.1, 0.15) is 17.7 Å². The molecule has 1 saturated heterocycles. The number of benzene rings is 1. The van der Waals surface area contributed by atoms with Crippen molar-refractivity contribution < 1.29 is 9.47 Å². The van der Waals surface area contributed by atoms with Crippen LogP contribution in [0.4, 0.5) is 0 Å². The van der Waals surface area contributed by atoms with Gasteiger partial charge in [-0.25, -0.2) is 0 Å². The molecular weight excluding hydrogens is 328 g/mol. The molecular formula is C20H26N4O2. The van der Waals surface area contributed by atoms with E-state index in [4.69, 9.17) is 9.47 Å². The Kier molecular flexibility index (Phi) is 5.32. The summed E-state index contributed by atoms with van der Waals surface area (Å²) in [6.45, 7) is 4.69. The zero-order valence-electron chi connectivity index (χ0n) is 15.3. The minimum Gasteiger partial charge on any atom is -0.496 e. The molecule has 6 heteroatoms. The number of methoxy groups -OCH3 is 1. The summed E-state index contributed by atoms with van der Waals surface area (Å²) in [5.74, 6) is 3.02. The predicted molar refractivity (Wildman–Crippen MR) is 100 cm³/mol. The lowest BCUT2D eigenvalue weighted by Gasteiger charge is -2.18. The fourth-order valence-electron chi connectivity index (χ4n) is 3.72. The Hall–Kier alpha value is -2.18. The normalized spacial score (nSPS) is 21.0. The van der Waals surface area contributed by atoms with Gasteiger partial charge in [-0.05, 0) is 18.9 Å². The van der Waals surface area contributed by atoms with Crippen LogP contribution >= 0.6 is 0 Å². The van der Waals surface area contributed by atoms with E-state index in [1.54, 1.807) is 7.11 Å². The van der Waals surface area contributed by atoms with E-state index in [0.717, 1.165) is 75.0 Å². The Morgan fingerprint density at radius 1 is 1.23 bits per heavy atom. The number of para-hydroxylation sites is 1. The lowest BCUT2D eigenvalue weighted by atomic mass is 10.2. The molecule has 2 aromatic rings. The van der Waals surface area contributed by atoms with Crippen molar-refractivity contribution in [3.63, 3.8) is 0 Å². The van der Waals surface area contributed by atoms with Gasteiger partial charge < -0.3 is 14.0 Å². The lowest BCUT2D eigenvalue weighted by molar-refractivity contribution is 0.101. The number of aromatic nitrogens is 3. The summed E-state index contributed by atoms with van der Waals surface area (Å²) in [6.07, 6.45) is 7.60. The number of fused-ring (bicyclic) bond motifs is 1. The molecule has 1 aromatic carbocycles. The van der Waals surface area contributed by atoms with E-state index >= 15 is 0 Å². The van der Waals surface area contributed by atoms with Gasteiger partial charge >= 0.3 is 0 Å². The molecule has 0 aliphatic carbocycles. The van der Waals surface area contributed by atoms with E-state index in [-0.39, 0.29) is 6.10 Å². The highest BCUT2D eigenvalue weighted by Crippen LogP contribution is 2.28. The minimum atomic E-state index is 0.133. The van der Waals surface area contributed by atoms with Crippen molar-refractivity contribution in [2.45, 2.75) is 31.9 Å². The third kappa shape index (κ3) is 3.66. The van der Waals surface area contributed by atoms with Crippen LogP contribution in [0.1, 0.15) is 36.2 Å². The van der Waals surface area contributed by atoms with Crippen molar-refractivity contribution in [3.05, 3.63) is 47.6 Å². The number of hydrogen-bond donors (Lipinski definition) is 0. The molecule has 4 rings (SSSR count). The monoisotopic (exact) mass is 354 g/mol. The van der Waals surface area contributed by atoms with E-state index in [9.17, 15) is 0 Å². The molecule has 2 aliphatic rings. The Bertz CT molecular complexity index is 765. The van der Waals surface area contributed by atoms with Crippen molar-refractivity contribution in [1.82, 2.24) is 19.7 Å². The highest BCUT2D eigenvalue weighted by atomic mass is 16.5. The summed E-state index contributed by atoms with van der Waals surface area (Å²) in [7, 11) is 1.71. The van der Waals surface area contributed by atoms with Crippen molar-refractivity contribution in [2.75, 3.05) is 33.4 Å². The summed E-state index contributed by atoms with van der Waals surface area (Å²) in [5, 5.41) is 8.83. The van der Waals surface area contributed by atoms with Crippen LogP contribution in [0, 0.1) is 0 Å². The second-order valence-corrected chi connectivity index (χ2v) is 6.82. The largest absolute Gasteiger partial charge is 0.496 e. The standard InChI is InChI=1S/C20H26N4O2/c1-25-17-8-3-2-6-16(17)7-4-11-23-12-10-19-21-22-20(24(19)14-13-23)18-9-5-15-26-18/h2-4,6-8,18H,5,9-15H2,1H3/b7-4+. The van der Waals surface area contributed by atoms with E-state index in [1.165, 1.54) is 0 Å². The first kappa shape index (κ1) is 17.2. The first-order valence-electron chi connectivity index (χ1n) is 9.40. The second-order valence-electron chi connectivity index (χ2n) is 6.82. The fourth-order valence-corrected chi connectivity index (χ4v) is 3.72. The average Bonchev–Trinajstić information content (AvgIpc) is 3.29. The Labute approximate surface area is 154 Å². The molecule has 0 N–H and O–H groups in total. The summed E-state index contributed by atoms with van der Waals surface area (Å²) in [4.78, 5) is 2.46. The quantitative estimate of drug-likeness (QED) is 0.826. The van der Waals surface area contributed by atoms with E-state index in [0.29, 0.717) is 0 Å². The third-order valence-corrected chi connectivity index (χ3v) is 5.17. The van der Waals surface area contributed by atoms with Gasteiger partial charge in [-0.15, -0.1) is 10.2 Å². The summed E-state index contributed by atoms with van der Waals surface area (Å²) in [6, 6.07) is 8.09. The number of ether oxygens (including phenoxy) is 2. The molecule has 0 radical (unpaired) electrons. The van der Waals surface area contributed by atoms with Crippen LogP contribution in [-0.4, -0.2) is 53.0 Å². The van der Waals surface area contributed by atoms with Crippen LogP contribution < -0.4 is 4.74 Å². The molecule has 0 amide bonds. The number of nitrogens with zero attached hydrogens (tertiary/aromatic N) is 4. The lowest BCUT2D eigenvalue weighted by Crippen LogP contribution is -2.27. The first-order valence-corrected chi connectivity index (χ1v) is 9.40. The Morgan fingerprint density at radius 3 is 3.00 bits per heavy atom. The van der Waals surface area contributed by atoms with Gasteiger partial charge in [0.15, 0.2) is 5.82 Å². The molecule has 138 valence electrons. The van der Waals surface area contributed by atoms with Crippen molar-refractivity contribution >= 4 is 6.08 Å². The van der Waals surface area contributed by atoms with Crippen LogP contribution in [0.2, 0.25) is 0 Å². The van der Waals surface area contributed by atoms with Crippen molar-refractivity contribution in [3.8, 4) is 5.75 Å². The fraction of sp³-hybridized carbons (Fsp3) is 0.500. The molecule has 3 heterocycles. The van der Waals surface area contributed by atoms with Crippen LogP contribution in [-0.2, 0) is 17.7 Å². The minimum absolute atomic E-state index is 0.133. The summed E-state index contributed by atoms with van der Waals surface area (Å²) in [5.41, 5.74) is 1.11. The Morgan fingerprint density at radius 2 is 2.15 bits per heavy atom. The van der Waals surface area contributed by atoms with Gasteiger partial charge in [-0.2, -0.15) is 0 Å². The zero-order valence-corrected chi connectivity index (χ0v) is 15.3. The SMILES string of the molecule is COc1ccccc1/C=C/CN1CCc2nnc(C3CCCO3)n2CC1. The predicted octanol–water partition coefficient (Wildman–Crippen LogP) is 2.71. The molecule has 2 aliphatic heterocycles. The van der Waals surface area contributed by atoms with Gasteiger partial charge in [-0.1, -0.05) is 30.4 Å². The van der Waals surface area contributed by atoms with Crippen LogP contribution in [0.15, 0.2) is 30.3 Å². The summed E-state index contributed by atoms with van der Waals surface area (Å²) < 4.78 is 13.5. The van der Waals surface area contributed by atoms with E-state index in [1.807, 2.05) is 18.2 Å². The maximum absolute atomic E-state index is 5.81. The average molecular weight is 354 g/mol. The highest BCUT2D eigenvalue weighted by Gasteiger charge is 2.26.